The minimum absolute atomic E-state index is 0.113. The Morgan fingerprint density at radius 3 is 2.62 bits per heavy atom. The lowest BCUT2D eigenvalue weighted by atomic mass is 10.2. The highest BCUT2D eigenvalue weighted by Gasteiger charge is 2.09. The zero-order valence-electron chi connectivity index (χ0n) is 13.7. The van der Waals surface area contributed by atoms with E-state index < -0.39 is 0 Å². The predicted molar refractivity (Wildman–Crippen MR) is 102 cm³/mol. The number of aromatic nitrogens is 1. The second-order valence-electron chi connectivity index (χ2n) is 5.51. The summed E-state index contributed by atoms with van der Waals surface area (Å²) in [6.07, 6.45) is 2.12. The van der Waals surface area contributed by atoms with Crippen LogP contribution in [0.1, 0.15) is 24.2 Å². The SMILES string of the molecule is CSc1nc2ccc(NC(=O)c3ccc(OC(C)C)cc3)cc2s1. The molecule has 0 fully saturated rings. The summed E-state index contributed by atoms with van der Waals surface area (Å²) >= 11 is 3.25. The average Bonchev–Trinajstić information content (AvgIpc) is 2.97. The lowest BCUT2D eigenvalue weighted by molar-refractivity contribution is 0.102. The summed E-state index contributed by atoms with van der Waals surface area (Å²) in [5, 5.41) is 2.93. The van der Waals surface area contributed by atoms with Gasteiger partial charge >= 0.3 is 0 Å². The summed E-state index contributed by atoms with van der Waals surface area (Å²) in [6, 6.07) is 12.9. The first-order chi connectivity index (χ1) is 11.5. The van der Waals surface area contributed by atoms with Crippen molar-refractivity contribution in [3.05, 3.63) is 48.0 Å². The Kier molecular flexibility index (Phi) is 5.06. The molecule has 0 unspecified atom stereocenters. The van der Waals surface area contributed by atoms with Crippen LogP contribution in [0, 0.1) is 0 Å². The Labute approximate surface area is 149 Å². The summed E-state index contributed by atoms with van der Waals surface area (Å²) in [6.45, 7) is 3.94. The van der Waals surface area contributed by atoms with Crippen LogP contribution in [0.25, 0.3) is 10.2 Å². The molecule has 0 aliphatic rings. The van der Waals surface area contributed by atoms with Crippen LogP contribution in [0.4, 0.5) is 5.69 Å². The van der Waals surface area contributed by atoms with Crippen LogP contribution in [-0.4, -0.2) is 23.3 Å². The van der Waals surface area contributed by atoms with Gasteiger partial charge in [-0.1, -0.05) is 11.8 Å². The van der Waals surface area contributed by atoms with Gasteiger partial charge in [-0.25, -0.2) is 4.98 Å². The van der Waals surface area contributed by atoms with Crippen LogP contribution in [0.3, 0.4) is 0 Å². The maximum atomic E-state index is 12.4. The minimum atomic E-state index is -0.139. The Morgan fingerprint density at radius 2 is 1.96 bits per heavy atom. The van der Waals surface area contributed by atoms with Crippen molar-refractivity contribution in [3.8, 4) is 5.75 Å². The molecule has 0 saturated heterocycles. The number of nitrogens with one attached hydrogen (secondary N) is 1. The van der Waals surface area contributed by atoms with Gasteiger partial charge in [0.1, 0.15) is 5.75 Å². The van der Waals surface area contributed by atoms with Crippen molar-refractivity contribution in [1.82, 2.24) is 4.98 Å². The molecule has 3 aromatic rings. The van der Waals surface area contributed by atoms with E-state index in [0.29, 0.717) is 5.56 Å². The molecule has 2 aromatic carbocycles. The van der Waals surface area contributed by atoms with E-state index in [0.717, 1.165) is 26.0 Å². The number of carbonyl (C=O) groups excluding carboxylic acids is 1. The van der Waals surface area contributed by atoms with Crippen LogP contribution in [0.15, 0.2) is 46.8 Å². The number of fused-ring (bicyclic) bond motifs is 1. The second kappa shape index (κ2) is 7.23. The van der Waals surface area contributed by atoms with Crippen LogP contribution in [0.5, 0.6) is 5.75 Å². The van der Waals surface area contributed by atoms with Crippen molar-refractivity contribution in [3.63, 3.8) is 0 Å². The molecule has 124 valence electrons. The monoisotopic (exact) mass is 358 g/mol. The fraction of sp³-hybridized carbons (Fsp3) is 0.222. The van der Waals surface area contributed by atoms with Crippen LogP contribution < -0.4 is 10.1 Å². The van der Waals surface area contributed by atoms with E-state index in [4.69, 9.17) is 4.74 Å². The number of benzene rings is 2. The summed E-state index contributed by atoms with van der Waals surface area (Å²) in [7, 11) is 0. The number of thioether (sulfide) groups is 1. The quantitative estimate of drug-likeness (QED) is 0.648. The van der Waals surface area contributed by atoms with Gasteiger partial charge in [0, 0.05) is 11.3 Å². The molecule has 0 bridgehead atoms. The van der Waals surface area contributed by atoms with Gasteiger partial charge < -0.3 is 10.1 Å². The lowest BCUT2D eigenvalue weighted by Crippen LogP contribution is -2.12. The molecule has 0 aliphatic heterocycles. The predicted octanol–water partition coefficient (Wildman–Crippen LogP) is 5.06. The number of carbonyl (C=O) groups is 1. The first-order valence-electron chi connectivity index (χ1n) is 7.58. The van der Waals surface area contributed by atoms with Gasteiger partial charge in [0.05, 0.1) is 16.3 Å². The maximum Gasteiger partial charge on any atom is 0.255 e. The highest BCUT2D eigenvalue weighted by Crippen LogP contribution is 2.30. The Bertz CT molecular complexity index is 857. The van der Waals surface area contributed by atoms with E-state index in [-0.39, 0.29) is 12.0 Å². The molecular formula is C18H18N2O2S2. The van der Waals surface area contributed by atoms with Gasteiger partial charge in [-0.15, -0.1) is 11.3 Å². The van der Waals surface area contributed by atoms with Crippen LogP contribution in [0.2, 0.25) is 0 Å². The molecule has 0 atom stereocenters. The normalized spacial score (nSPS) is 11.0. The number of thiazole rings is 1. The van der Waals surface area contributed by atoms with Gasteiger partial charge in [0.15, 0.2) is 4.34 Å². The second-order valence-corrected chi connectivity index (χ2v) is 7.60. The largest absolute Gasteiger partial charge is 0.491 e. The fourth-order valence-corrected chi connectivity index (χ4v) is 3.76. The van der Waals surface area contributed by atoms with Gasteiger partial charge in [0.2, 0.25) is 0 Å². The zero-order valence-corrected chi connectivity index (χ0v) is 15.3. The Balaban J connectivity index is 1.74. The van der Waals surface area contributed by atoms with E-state index in [2.05, 4.69) is 10.3 Å². The lowest BCUT2D eigenvalue weighted by Gasteiger charge is -2.10. The van der Waals surface area contributed by atoms with Gasteiger partial charge in [-0.3, -0.25) is 4.79 Å². The van der Waals surface area contributed by atoms with Crippen LogP contribution in [-0.2, 0) is 0 Å². The number of rotatable bonds is 5. The molecule has 4 nitrogen and oxygen atoms in total. The summed E-state index contributed by atoms with van der Waals surface area (Å²) in [4.78, 5) is 16.9. The number of hydrogen-bond acceptors (Lipinski definition) is 5. The average molecular weight is 358 g/mol. The molecule has 0 saturated carbocycles. The first-order valence-corrected chi connectivity index (χ1v) is 9.62. The Hall–Kier alpha value is -2.05. The molecule has 0 spiro atoms. The van der Waals surface area contributed by atoms with Gasteiger partial charge in [0.25, 0.3) is 5.91 Å². The standard InChI is InChI=1S/C18H18N2O2S2/c1-11(2)22-14-7-4-12(5-8-14)17(21)19-13-6-9-15-16(10-13)24-18(20-15)23-3/h4-11H,1-3H3,(H,19,21). The molecule has 1 amide bonds. The van der Waals surface area contributed by atoms with Gasteiger partial charge in [-0.2, -0.15) is 0 Å². The minimum Gasteiger partial charge on any atom is -0.491 e. The van der Waals surface area contributed by atoms with E-state index in [1.807, 2.05) is 50.4 Å². The smallest absolute Gasteiger partial charge is 0.255 e. The van der Waals surface area contributed by atoms with Crippen molar-refractivity contribution in [2.24, 2.45) is 0 Å². The molecule has 1 heterocycles. The molecule has 24 heavy (non-hydrogen) atoms. The fourth-order valence-electron chi connectivity index (χ4n) is 2.23. The summed E-state index contributed by atoms with van der Waals surface area (Å²) < 4.78 is 7.68. The zero-order chi connectivity index (χ0) is 17.1. The topological polar surface area (TPSA) is 51.2 Å². The van der Waals surface area contributed by atoms with Crippen molar-refractivity contribution >= 4 is 44.9 Å². The number of amides is 1. The van der Waals surface area contributed by atoms with E-state index in [9.17, 15) is 4.79 Å². The summed E-state index contributed by atoms with van der Waals surface area (Å²) in [5.74, 6) is 0.622. The number of hydrogen-bond donors (Lipinski definition) is 1. The number of nitrogens with zero attached hydrogens (tertiary/aromatic N) is 1. The molecular weight excluding hydrogens is 340 g/mol. The third-order valence-electron chi connectivity index (χ3n) is 3.29. The molecule has 1 aromatic heterocycles. The van der Waals surface area contributed by atoms with Gasteiger partial charge in [-0.05, 0) is 62.6 Å². The summed E-state index contributed by atoms with van der Waals surface area (Å²) in [5.41, 5.74) is 2.32. The van der Waals surface area contributed by atoms with E-state index >= 15 is 0 Å². The highest BCUT2D eigenvalue weighted by atomic mass is 32.2. The Morgan fingerprint density at radius 1 is 1.21 bits per heavy atom. The number of ether oxygens (including phenoxy) is 1. The van der Waals surface area contributed by atoms with E-state index in [1.54, 1.807) is 35.2 Å². The third kappa shape index (κ3) is 3.88. The molecule has 6 heteroatoms. The molecule has 0 aliphatic carbocycles. The molecule has 0 radical (unpaired) electrons. The molecule has 3 rings (SSSR count). The third-order valence-corrected chi connectivity index (χ3v) is 5.29. The van der Waals surface area contributed by atoms with Crippen molar-refractivity contribution in [2.45, 2.75) is 24.3 Å². The first kappa shape index (κ1) is 16.8. The van der Waals surface area contributed by atoms with Crippen molar-refractivity contribution in [2.75, 3.05) is 11.6 Å². The van der Waals surface area contributed by atoms with Crippen molar-refractivity contribution in [1.29, 1.82) is 0 Å². The number of anilines is 1. The van der Waals surface area contributed by atoms with Crippen molar-refractivity contribution < 1.29 is 9.53 Å². The van der Waals surface area contributed by atoms with Crippen LogP contribution >= 0.6 is 23.1 Å². The highest BCUT2D eigenvalue weighted by molar-refractivity contribution is 8.00. The molecule has 1 N–H and O–H groups in total. The van der Waals surface area contributed by atoms with E-state index in [1.165, 1.54) is 0 Å². The maximum absolute atomic E-state index is 12.4.